The van der Waals surface area contributed by atoms with Crippen LogP contribution < -0.4 is 5.32 Å². The van der Waals surface area contributed by atoms with E-state index in [1.54, 1.807) is 14.0 Å². The molecule has 1 amide bonds. The molecule has 2 saturated heterocycles. The van der Waals surface area contributed by atoms with Crippen LogP contribution in [0.5, 0.6) is 0 Å². The van der Waals surface area contributed by atoms with Gasteiger partial charge in [-0.25, -0.2) is 0 Å². The maximum absolute atomic E-state index is 12.3. The number of esters is 1. The number of carbonyl (C=O) groups excluding carboxylic acids is 2. The highest BCUT2D eigenvalue weighted by molar-refractivity contribution is 5.82. The van der Waals surface area contributed by atoms with Crippen LogP contribution in [-0.4, -0.2) is 66.9 Å². The summed E-state index contributed by atoms with van der Waals surface area (Å²) in [5.74, 6) is -0.837. The Morgan fingerprint density at radius 3 is 2.49 bits per heavy atom. The van der Waals surface area contributed by atoms with Gasteiger partial charge in [0.2, 0.25) is 0 Å². The number of ether oxygens (including phenoxy) is 4. The van der Waals surface area contributed by atoms with Crippen LogP contribution in [0.25, 0.3) is 11.1 Å². The number of amides is 1. The second kappa shape index (κ2) is 15.6. The second-order valence-corrected chi connectivity index (χ2v) is 11.9. The number of nitrogens with one attached hydrogen (secondary N) is 1. The summed E-state index contributed by atoms with van der Waals surface area (Å²) in [7, 11) is 1.76. The van der Waals surface area contributed by atoms with Crippen LogP contribution in [0.4, 0.5) is 0 Å². The average molecular weight is 617 g/mol. The Labute approximate surface area is 265 Å². The van der Waals surface area contributed by atoms with Crippen LogP contribution >= 0.6 is 0 Å². The molecule has 0 unspecified atom stereocenters. The van der Waals surface area contributed by atoms with E-state index < -0.39 is 18.4 Å². The Hall–Kier alpha value is -3.60. The van der Waals surface area contributed by atoms with Gasteiger partial charge >= 0.3 is 5.97 Å². The first-order valence-corrected chi connectivity index (χ1v) is 15.7. The van der Waals surface area contributed by atoms with Crippen molar-refractivity contribution in [2.45, 2.75) is 76.9 Å². The van der Waals surface area contributed by atoms with Gasteiger partial charge in [-0.15, -0.1) is 0 Å². The molecule has 3 aromatic rings. The van der Waals surface area contributed by atoms with Crippen molar-refractivity contribution in [3.05, 3.63) is 95.1 Å². The summed E-state index contributed by atoms with van der Waals surface area (Å²) >= 11 is 0. The lowest BCUT2D eigenvalue weighted by molar-refractivity contribution is -0.253. The molecule has 0 aliphatic carbocycles. The number of nitrogens with zero attached hydrogens (tertiary/aromatic N) is 1. The number of carbonyl (C=O) groups is 2. The standard InChI is InChI=1S/C36H44N2O7/c1-24(43-25(2)40)35(41)37-20-27-7-4-8-29(17-27)30-9-5-10-31(18-30)36-44-33(21-38-16-6-11-32(38)23-42-3)19-34(45-36)28-14-12-26(22-39)13-15-28/h4-5,7-10,12-15,17-18,24,32-34,36,39H,6,11,16,19-23H2,1-3H3,(H,37,41)/t24-,32-,33+,34-,36-/m0/s1. The highest BCUT2D eigenvalue weighted by atomic mass is 16.7. The molecule has 0 aromatic heterocycles. The molecule has 2 fully saturated rings. The van der Waals surface area contributed by atoms with E-state index in [9.17, 15) is 14.7 Å². The monoisotopic (exact) mass is 616 g/mol. The molecule has 2 N–H and O–H groups in total. The molecular formula is C36H44N2O7. The first-order chi connectivity index (χ1) is 21.8. The molecule has 2 aliphatic heterocycles. The Bertz CT molecular complexity index is 1430. The van der Waals surface area contributed by atoms with Crippen molar-refractivity contribution in [3.8, 4) is 11.1 Å². The lowest BCUT2D eigenvalue weighted by Crippen LogP contribution is -2.42. The number of rotatable bonds is 12. The predicted molar refractivity (Wildman–Crippen MR) is 170 cm³/mol. The van der Waals surface area contributed by atoms with E-state index in [4.69, 9.17) is 18.9 Å². The van der Waals surface area contributed by atoms with Crippen molar-refractivity contribution in [2.75, 3.05) is 26.8 Å². The van der Waals surface area contributed by atoms with Gasteiger partial charge in [0.05, 0.1) is 25.4 Å². The van der Waals surface area contributed by atoms with Gasteiger partial charge in [-0.3, -0.25) is 14.5 Å². The minimum atomic E-state index is -0.852. The number of aliphatic hydroxyl groups is 1. The van der Waals surface area contributed by atoms with E-state index in [-0.39, 0.29) is 24.7 Å². The normalized spacial score (nSPS) is 22.6. The first kappa shape index (κ1) is 32.8. The zero-order valence-electron chi connectivity index (χ0n) is 26.3. The Morgan fingerprint density at radius 2 is 1.76 bits per heavy atom. The van der Waals surface area contributed by atoms with Crippen LogP contribution in [0.3, 0.4) is 0 Å². The van der Waals surface area contributed by atoms with Crippen molar-refractivity contribution in [1.29, 1.82) is 0 Å². The van der Waals surface area contributed by atoms with E-state index in [1.165, 1.54) is 6.92 Å². The Kier molecular flexibility index (Phi) is 11.4. The molecule has 2 heterocycles. The van der Waals surface area contributed by atoms with Crippen LogP contribution in [0.2, 0.25) is 0 Å². The van der Waals surface area contributed by atoms with E-state index in [1.807, 2.05) is 60.7 Å². The van der Waals surface area contributed by atoms with Gasteiger partial charge in [-0.1, -0.05) is 60.7 Å². The zero-order valence-corrected chi connectivity index (χ0v) is 26.3. The SMILES string of the molecule is COC[C@@H]1CCCN1C[C@H]1C[C@@H](c2ccc(CO)cc2)O[C@@H](c2cccc(-c3cccc(CNC(=O)[C@H](C)OC(C)=O)c3)c2)O1. The molecular weight excluding hydrogens is 572 g/mol. The average Bonchev–Trinajstić information content (AvgIpc) is 3.49. The number of hydrogen-bond donors (Lipinski definition) is 2. The van der Waals surface area contributed by atoms with Crippen molar-refractivity contribution < 1.29 is 33.6 Å². The van der Waals surface area contributed by atoms with Crippen LogP contribution in [-0.2, 0) is 41.7 Å². The zero-order chi connectivity index (χ0) is 31.8. The topological polar surface area (TPSA) is 107 Å². The number of benzene rings is 3. The van der Waals surface area contributed by atoms with Crippen LogP contribution in [0.15, 0.2) is 72.8 Å². The maximum Gasteiger partial charge on any atom is 0.303 e. The van der Waals surface area contributed by atoms with E-state index in [0.717, 1.165) is 65.7 Å². The van der Waals surface area contributed by atoms with Gasteiger partial charge < -0.3 is 29.4 Å². The minimum absolute atomic E-state index is 0.00375. The molecule has 9 heteroatoms. The molecule has 2 aliphatic rings. The van der Waals surface area contributed by atoms with Crippen molar-refractivity contribution >= 4 is 11.9 Å². The largest absolute Gasteiger partial charge is 0.453 e. The highest BCUT2D eigenvalue weighted by Crippen LogP contribution is 2.39. The van der Waals surface area contributed by atoms with Gasteiger partial charge in [0.15, 0.2) is 12.4 Å². The smallest absolute Gasteiger partial charge is 0.303 e. The molecule has 0 saturated carbocycles. The molecule has 0 radical (unpaired) electrons. The fourth-order valence-electron chi connectivity index (χ4n) is 6.17. The summed E-state index contributed by atoms with van der Waals surface area (Å²) in [5.41, 5.74) is 5.79. The first-order valence-electron chi connectivity index (χ1n) is 15.7. The van der Waals surface area contributed by atoms with Gasteiger partial charge in [-0.05, 0) is 66.3 Å². The molecule has 3 aromatic carbocycles. The number of methoxy groups -OCH3 is 1. The molecule has 9 nitrogen and oxygen atoms in total. The van der Waals surface area contributed by atoms with E-state index in [2.05, 4.69) is 22.3 Å². The van der Waals surface area contributed by atoms with Crippen molar-refractivity contribution in [1.82, 2.24) is 10.2 Å². The molecule has 5 rings (SSSR count). The fourth-order valence-corrected chi connectivity index (χ4v) is 6.17. The summed E-state index contributed by atoms with van der Waals surface area (Å²) in [5, 5.41) is 12.4. The lowest BCUT2D eigenvalue weighted by atomic mass is 9.98. The summed E-state index contributed by atoms with van der Waals surface area (Å²) < 4.78 is 23.8. The summed E-state index contributed by atoms with van der Waals surface area (Å²) in [6.45, 7) is 5.71. The van der Waals surface area contributed by atoms with Gasteiger partial charge in [0.25, 0.3) is 5.91 Å². The lowest BCUT2D eigenvalue weighted by Gasteiger charge is -2.39. The van der Waals surface area contributed by atoms with E-state index >= 15 is 0 Å². The van der Waals surface area contributed by atoms with Crippen molar-refractivity contribution in [2.24, 2.45) is 0 Å². The molecule has 240 valence electrons. The fraction of sp³-hybridized carbons (Fsp3) is 0.444. The summed E-state index contributed by atoms with van der Waals surface area (Å²) in [4.78, 5) is 26.0. The predicted octanol–water partition coefficient (Wildman–Crippen LogP) is 5.07. The van der Waals surface area contributed by atoms with E-state index in [0.29, 0.717) is 19.2 Å². The Morgan fingerprint density at radius 1 is 1.00 bits per heavy atom. The summed E-state index contributed by atoms with van der Waals surface area (Å²) in [6, 6.07) is 24.5. The second-order valence-electron chi connectivity index (χ2n) is 11.9. The number of aliphatic hydroxyl groups excluding tert-OH is 1. The number of likely N-dealkylation sites (tertiary alicyclic amines) is 1. The molecule has 5 atom stereocenters. The molecule has 0 bridgehead atoms. The minimum Gasteiger partial charge on any atom is -0.453 e. The highest BCUT2D eigenvalue weighted by Gasteiger charge is 2.35. The van der Waals surface area contributed by atoms with Gasteiger partial charge in [0.1, 0.15) is 0 Å². The number of hydrogen-bond acceptors (Lipinski definition) is 8. The third kappa shape index (κ3) is 8.77. The summed E-state index contributed by atoms with van der Waals surface area (Å²) in [6.07, 6.45) is 1.41. The molecule has 0 spiro atoms. The quantitative estimate of drug-likeness (QED) is 0.272. The maximum atomic E-state index is 12.3. The third-order valence-electron chi connectivity index (χ3n) is 8.51. The van der Waals surface area contributed by atoms with Crippen molar-refractivity contribution in [3.63, 3.8) is 0 Å². The van der Waals surface area contributed by atoms with Crippen LogP contribution in [0, 0.1) is 0 Å². The Balaban J connectivity index is 1.33. The van der Waals surface area contributed by atoms with Gasteiger partial charge in [0, 0.05) is 45.1 Å². The third-order valence-corrected chi connectivity index (χ3v) is 8.51. The van der Waals surface area contributed by atoms with Crippen LogP contribution in [0.1, 0.15) is 67.8 Å². The molecule has 45 heavy (non-hydrogen) atoms. The van der Waals surface area contributed by atoms with Gasteiger partial charge in [-0.2, -0.15) is 0 Å².